The number of nitro benzene ring substituents is 1. The zero-order valence-corrected chi connectivity index (χ0v) is 19.0. The lowest BCUT2D eigenvalue weighted by atomic mass is 9.85. The number of rotatable bonds is 8. The summed E-state index contributed by atoms with van der Waals surface area (Å²) in [6.07, 6.45) is 1.93. The molecule has 33 heavy (non-hydrogen) atoms. The van der Waals surface area contributed by atoms with Gasteiger partial charge in [0.1, 0.15) is 5.82 Å². The maximum atomic E-state index is 13.1. The summed E-state index contributed by atoms with van der Waals surface area (Å²) in [4.78, 5) is 23.0. The van der Waals surface area contributed by atoms with Gasteiger partial charge in [0, 0.05) is 30.1 Å². The Morgan fingerprint density at radius 3 is 2.39 bits per heavy atom. The molecule has 1 aliphatic rings. The molecule has 0 unspecified atom stereocenters. The van der Waals surface area contributed by atoms with Crippen LogP contribution in [0.25, 0.3) is 0 Å². The molecule has 0 aromatic heterocycles. The summed E-state index contributed by atoms with van der Waals surface area (Å²) >= 11 is 0. The van der Waals surface area contributed by atoms with Crippen molar-refractivity contribution >= 4 is 21.6 Å². The van der Waals surface area contributed by atoms with Gasteiger partial charge in [-0.15, -0.1) is 0 Å². The number of nitrogens with two attached hydrogens (primary N) is 1. The van der Waals surface area contributed by atoms with E-state index in [0.29, 0.717) is 25.7 Å². The summed E-state index contributed by atoms with van der Waals surface area (Å²) in [7, 11) is -3.96. The van der Waals surface area contributed by atoms with E-state index in [0.717, 1.165) is 11.6 Å². The fraction of sp³-hybridized carbons (Fsp3) is 0.409. The molecule has 1 atom stereocenters. The number of sulfonamides is 1. The predicted molar refractivity (Wildman–Crippen MR) is 120 cm³/mol. The van der Waals surface area contributed by atoms with Crippen molar-refractivity contribution in [3.05, 3.63) is 69.5 Å². The molecule has 0 heterocycles. The van der Waals surface area contributed by atoms with Gasteiger partial charge in [0.25, 0.3) is 5.69 Å². The fourth-order valence-corrected chi connectivity index (χ4v) is 5.30. The minimum atomic E-state index is -3.96. The van der Waals surface area contributed by atoms with Crippen LogP contribution in [0.3, 0.4) is 0 Å². The van der Waals surface area contributed by atoms with Crippen molar-refractivity contribution in [3.63, 3.8) is 0 Å². The number of carbonyl (C=O) groups is 1. The number of hydrogen-bond acceptors (Lipinski definition) is 6. The number of hydrogen-bond donors (Lipinski definition) is 3. The first kappa shape index (κ1) is 24.7. The van der Waals surface area contributed by atoms with E-state index < -0.39 is 14.9 Å². The van der Waals surface area contributed by atoms with Crippen LogP contribution in [-0.4, -0.2) is 25.3 Å². The smallest absolute Gasteiger partial charge is 0.275 e. The second-order valence-corrected chi connectivity index (χ2v) is 9.92. The molecular formula is C22H27FN4O5S. The van der Waals surface area contributed by atoms with E-state index in [1.807, 2.05) is 6.92 Å². The Labute approximate surface area is 191 Å². The largest absolute Gasteiger partial charge is 0.349 e. The standard InChI is InChI=1S/C22H27FN4O5S/c1-14(15-2-7-18(23)8-3-15)25-22(28)16-4-9-19(10-5-16)26-33(31,32)20-11-6-17(13-24)21(12-20)27(29)30/h2-3,6-8,11-12,14,16,19,26H,4-5,9-10,13,24H2,1H3,(H,25,28)/t14-,16-,19-/m1/s1. The molecule has 0 radical (unpaired) electrons. The number of nitrogens with zero attached hydrogens (tertiary/aromatic N) is 1. The molecule has 2 aromatic rings. The SMILES string of the molecule is C[C@@H](NC(=O)[C@H]1CC[C@H](NS(=O)(=O)c2ccc(CN)c([N+](=O)[O-])c2)CC1)c1ccc(F)cc1. The maximum Gasteiger partial charge on any atom is 0.275 e. The van der Waals surface area contributed by atoms with E-state index in [1.54, 1.807) is 12.1 Å². The Morgan fingerprint density at radius 1 is 1.18 bits per heavy atom. The van der Waals surface area contributed by atoms with E-state index in [4.69, 9.17) is 5.73 Å². The van der Waals surface area contributed by atoms with Crippen LogP contribution < -0.4 is 15.8 Å². The van der Waals surface area contributed by atoms with Crippen LogP contribution in [0, 0.1) is 21.8 Å². The molecule has 11 heteroatoms. The molecule has 1 amide bonds. The first-order chi connectivity index (χ1) is 15.6. The van der Waals surface area contributed by atoms with Crippen molar-refractivity contribution in [3.8, 4) is 0 Å². The number of nitro groups is 1. The lowest BCUT2D eigenvalue weighted by Gasteiger charge is -2.29. The number of nitrogens with one attached hydrogen (secondary N) is 2. The quantitative estimate of drug-likeness (QED) is 0.393. The number of amides is 1. The number of carbonyl (C=O) groups excluding carboxylic acids is 1. The molecule has 1 aliphatic carbocycles. The third kappa shape index (κ3) is 6.12. The van der Waals surface area contributed by atoms with Gasteiger partial charge in [-0.05, 0) is 62.4 Å². The molecule has 0 spiro atoms. The van der Waals surface area contributed by atoms with E-state index in [2.05, 4.69) is 10.0 Å². The van der Waals surface area contributed by atoms with Crippen LogP contribution in [0.2, 0.25) is 0 Å². The molecule has 0 saturated heterocycles. The zero-order chi connectivity index (χ0) is 24.2. The third-order valence-corrected chi connectivity index (χ3v) is 7.45. The molecule has 1 fully saturated rings. The van der Waals surface area contributed by atoms with Gasteiger partial charge in [0.05, 0.1) is 15.9 Å². The average Bonchev–Trinajstić information content (AvgIpc) is 2.79. The second kappa shape index (κ2) is 10.4. The Hall–Kier alpha value is -2.89. The molecule has 0 aliphatic heterocycles. The lowest BCUT2D eigenvalue weighted by Crippen LogP contribution is -2.41. The first-order valence-corrected chi connectivity index (χ1v) is 12.1. The highest BCUT2D eigenvalue weighted by Crippen LogP contribution is 2.28. The summed E-state index contributed by atoms with van der Waals surface area (Å²) in [6.45, 7) is 1.75. The highest BCUT2D eigenvalue weighted by atomic mass is 32.2. The normalized spacial score (nSPS) is 19.6. The van der Waals surface area contributed by atoms with Crippen molar-refractivity contribution in [1.82, 2.24) is 10.0 Å². The van der Waals surface area contributed by atoms with Crippen molar-refractivity contribution in [2.75, 3.05) is 0 Å². The van der Waals surface area contributed by atoms with E-state index in [9.17, 15) is 27.7 Å². The van der Waals surface area contributed by atoms with Crippen LogP contribution in [0.15, 0.2) is 47.4 Å². The molecular weight excluding hydrogens is 451 g/mol. The fourth-order valence-electron chi connectivity index (χ4n) is 3.98. The van der Waals surface area contributed by atoms with Gasteiger partial charge < -0.3 is 11.1 Å². The van der Waals surface area contributed by atoms with Crippen LogP contribution in [0.1, 0.15) is 49.8 Å². The van der Waals surface area contributed by atoms with E-state index in [-0.39, 0.29) is 52.4 Å². The summed E-state index contributed by atoms with van der Waals surface area (Å²) in [5.41, 5.74) is 6.19. The van der Waals surface area contributed by atoms with Crippen LogP contribution in [0.4, 0.5) is 10.1 Å². The average molecular weight is 479 g/mol. The zero-order valence-electron chi connectivity index (χ0n) is 18.2. The minimum absolute atomic E-state index is 0.0735. The summed E-state index contributed by atoms with van der Waals surface area (Å²) in [6, 6.07) is 8.93. The maximum absolute atomic E-state index is 13.1. The Balaban J connectivity index is 1.57. The Kier molecular flexibility index (Phi) is 7.77. The van der Waals surface area contributed by atoms with Gasteiger partial charge in [-0.25, -0.2) is 17.5 Å². The summed E-state index contributed by atoms with van der Waals surface area (Å²) in [5, 5.41) is 14.1. The first-order valence-electron chi connectivity index (χ1n) is 10.7. The van der Waals surface area contributed by atoms with E-state index in [1.165, 1.54) is 24.3 Å². The molecule has 2 aromatic carbocycles. The van der Waals surface area contributed by atoms with Gasteiger partial charge in [0.2, 0.25) is 15.9 Å². The van der Waals surface area contributed by atoms with Crippen molar-refractivity contribution in [1.29, 1.82) is 0 Å². The van der Waals surface area contributed by atoms with Crippen molar-refractivity contribution < 1.29 is 22.5 Å². The Bertz CT molecular complexity index is 1120. The topological polar surface area (TPSA) is 144 Å². The van der Waals surface area contributed by atoms with Crippen LogP contribution in [-0.2, 0) is 21.4 Å². The molecule has 1 saturated carbocycles. The van der Waals surface area contributed by atoms with Crippen molar-refractivity contribution in [2.45, 2.75) is 56.1 Å². The molecule has 4 N–H and O–H groups in total. The van der Waals surface area contributed by atoms with Gasteiger partial charge in [0.15, 0.2) is 0 Å². The predicted octanol–water partition coefficient (Wildman–Crippen LogP) is 2.91. The van der Waals surface area contributed by atoms with Crippen molar-refractivity contribution in [2.24, 2.45) is 11.7 Å². The highest BCUT2D eigenvalue weighted by molar-refractivity contribution is 7.89. The third-order valence-electron chi connectivity index (χ3n) is 5.93. The minimum Gasteiger partial charge on any atom is -0.349 e. The van der Waals surface area contributed by atoms with Crippen LogP contribution in [0.5, 0.6) is 0 Å². The van der Waals surface area contributed by atoms with Gasteiger partial charge in [-0.2, -0.15) is 0 Å². The summed E-state index contributed by atoms with van der Waals surface area (Å²) in [5.74, 6) is -0.720. The lowest BCUT2D eigenvalue weighted by molar-refractivity contribution is -0.385. The molecule has 3 rings (SSSR count). The molecule has 0 bridgehead atoms. The monoisotopic (exact) mass is 478 g/mol. The number of halogens is 1. The van der Waals surface area contributed by atoms with Gasteiger partial charge in [-0.1, -0.05) is 12.1 Å². The van der Waals surface area contributed by atoms with Gasteiger partial charge in [-0.3, -0.25) is 14.9 Å². The highest BCUT2D eigenvalue weighted by Gasteiger charge is 2.30. The molecule has 178 valence electrons. The second-order valence-electron chi connectivity index (χ2n) is 8.20. The van der Waals surface area contributed by atoms with E-state index >= 15 is 0 Å². The van der Waals surface area contributed by atoms with Gasteiger partial charge >= 0.3 is 0 Å². The van der Waals surface area contributed by atoms with Crippen LogP contribution >= 0.6 is 0 Å². The summed E-state index contributed by atoms with van der Waals surface area (Å²) < 4.78 is 41.2. The number of benzene rings is 2. The Morgan fingerprint density at radius 2 is 1.82 bits per heavy atom. The molecule has 9 nitrogen and oxygen atoms in total.